The van der Waals surface area contributed by atoms with Gasteiger partial charge in [-0.1, -0.05) is 46.1 Å². The van der Waals surface area contributed by atoms with E-state index in [-0.39, 0.29) is 30.5 Å². The zero-order valence-electron chi connectivity index (χ0n) is 18.4. The van der Waals surface area contributed by atoms with Crippen LogP contribution in [0.25, 0.3) is 10.9 Å². The monoisotopic (exact) mass is 399 g/mol. The molecule has 2 N–H and O–H groups in total. The molecule has 29 heavy (non-hydrogen) atoms. The minimum absolute atomic E-state index is 0.000927. The zero-order chi connectivity index (χ0) is 21.0. The van der Waals surface area contributed by atoms with E-state index in [0.717, 1.165) is 25.1 Å². The number of nitrogens with zero attached hydrogens (tertiary/aromatic N) is 2. The van der Waals surface area contributed by atoms with Gasteiger partial charge in [0, 0.05) is 30.9 Å². The predicted molar refractivity (Wildman–Crippen MR) is 120 cm³/mol. The van der Waals surface area contributed by atoms with Gasteiger partial charge in [0.25, 0.3) is 0 Å². The van der Waals surface area contributed by atoms with Crippen molar-refractivity contribution in [2.45, 2.75) is 77.9 Å². The van der Waals surface area contributed by atoms with Gasteiger partial charge in [-0.3, -0.25) is 4.79 Å². The predicted octanol–water partition coefficient (Wildman–Crippen LogP) is 4.11. The molecule has 0 saturated carbocycles. The minimum Gasteiger partial charge on any atom is -0.394 e. The van der Waals surface area contributed by atoms with Crippen molar-refractivity contribution in [1.82, 2.24) is 9.88 Å². The lowest BCUT2D eigenvalue weighted by atomic mass is 9.96. The standard InChI is InChI=1S/C24H37N3O2/c1-5-6-7-8-14-27-15-18-12-13-19(16-28)25-24(29)23(17(2)3)26(4)20-10-9-11-21(27)22(18)20/h9-11,15,17,19,23,28H,5-8,12-14,16H2,1-4H3,(H,25,29)/t19-,23?/m0/s1. The van der Waals surface area contributed by atoms with Crippen molar-refractivity contribution in [2.75, 3.05) is 18.6 Å². The molecule has 5 heteroatoms. The third kappa shape index (κ3) is 4.61. The number of carbonyl (C=O) groups is 1. The molecule has 0 radical (unpaired) electrons. The van der Waals surface area contributed by atoms with E-state index in [1.165, 1.54) is 42.1 Å². The second-order valence-corrected chi connectivity index (χ2v) is 8.81. The number of aryl methyl sites for hydroxylation is 2. The Morgan fingerprint density at radius 2 is 2.03 bits per heavy atom. The smallest absolute Gasteiger partial charge is 0.243 e. The van der Waals surface area contributed by atoms with Crippen molar-refractivity contribution in [1.29, 1.82) is 0 Å². The maximum atomic E-state index is 13.0. The Bertz CT molecular complexity index is 827. The van der Waals surface area contributed by atoms with Crippen LogP contribution in [0.1, 0.15) is 58.4 Å². The molecule has 0 fully saturated rings. The molecule has 1 aromatic heterocycles. The summed E-state index contributed by atoms with van der Waals surface area (Å²) < 4.78 is 2.39. The number of anilines is 1. The van der Waals surface area contributed by atoms with Gasteiger partial charge in [-0.15, -0.1) is 0 Å². The fraction of sp³-hybridized carbons (Fsp3) is 0.625. The third-order valence-electron chi connectivity index (χ3n) is 6.24. The molecule has 1 aliphatic rings. The van der Waals surface area contributed by atoms with Crippen LogP contribution in [-0.4, -0.2) is 41.3 Å². The lowest BCUT2D eigenvalue weighted by Gasteiger charge is -2.34. The maximum absolute atomic E-state index is 13.0. The van der Waals surface area contributed by atoms with Crippen molar-refractivity contribution in [3.63, 3.8) is 0 Å². The molecule has 2 heterocycles. The first-order chi connectivity index (χ1) is 14.0. The molecule has 0 spiro atoms. The molecule has 1 aromatic carbocycles. The van der Waals surface area contributed by atoms with Crippen molar-refractivity contribution >= 4 is 22.5 Å². The summed E-state index contributed by atoms with van der Waals surface area (Å²) in [5.41, 5.74) is 3.70. The number of aromatic nitrogens is 1. The fourth-order valence-electron chi connectivity index (χ4n) is 4.70. The van der Waals surface area contributed by atoms with Gasteiger partial charge in [0.2, 0.25) is 5.91 Å². The largest absolute Gasteiger partial charge is 0.394 e. The van der Waals surface area contributed by atoms with Crippen LogP contribution in [-0.2, 0) is 17.8 Å². The molecular formula is C24H37N3O2. The first kappa shape index (κ1) is 21.7. The number of amides is 1. The van der Waals surface area contributed by atoms with E-state index < -0.39 is 0 Å². The molecule has 1 aliphatic heterocycles. The minimum atomic E-state index is -0.270. The lowest BCUT2D eigenvalue weighted by molar-refractivity contribution is -0.124. The van der Waals surface area contributed by atoms with Crippen molar-refractivity contribution in [3.05, 3.63) is 30.0 Å². The quantitative estimate of drug-likeness (QED) is 0.689. The van der Waals surface area contributed by atoms with E-state index in [0.29, 0.717) is 0 Å². The normalized spacial score (nSPS) is 20.3. The van der Waals surface area contributed by atoms with Crippen molar-refractivity contribution in [3.8, 4) is 0 Å². The highest BCUT2D eigenvalue weighted by Gasteiger charge is 2.31. The number of likely N-dealkylation sites (N-methyl/N-ethyl adjacent to an activating group) is 1. The highest BCUT2D eigenvalue weighted by atomic mass is 16.3. The number of nitrogens with one attached hydrogen (secondary N) is 1. The van der Waals surface area contributed by atoms with E-state index in [2.05, 4.69) is 60.0 Å². The highest BCUT2D eigenvalue weighted by molar-refractivity contribution is 5.98. The van der Waals surface area contributed by atoms with E-state index >= 15 is 0 Å². The molecule has 160 valence electrons. The van der Waals surface area contributed by atoms with Crippen LogP contribution in [0.2, 0.25) is 0 Å². The summed E-state index contributed by atoms with van der Waals surface area (Å²) in [5, 5.41) is 14.2. The molecular weight excluding hydrogens is 362 g/mol. The maximum Gasteiger partial charge on any atom is 0.243 e. The average molecular weight is 400 g/mol. The van der Waals surface area contributed by atoms with Crippen LogP contribution in [0.15, 0.2) is 24.4 Å². The van der Waals surface area contributed by atoms with Gasteiger partial charge in [-0.2, -0.15) is 0 Å². The Kier molecular flexibility index (Phi) is 7.23. The summed E-state index contributed by atoms with van der Waals surface area (Å²) in [6, 6.07) is 5.98. The van der Waals surface area contributed by atoms with E-state index in [1.807, 2.05) is 7.05 Å². The average Bonchev–Trinajstić information content (AvgIpc) is 3.05. The van der Waals surface area contributed by atoms with Gasteiger partial charge in [0.05, 0.1) is 18.2 Å². The topological polar surface area (TPSA) is 57.5 Å². The van der Waals surface area contributed by atoms with Crippen molar-refractivity contribution < 1.29 is 9.90 Å². The second-order valence-electron chi connectivity index (χ2n) is 8.81. The van der Waals surface area contributed by atoms with Gasteiger partial charge in [0.15, 0.2) is 0 Å². The number of benzene rings is 1. The van der Waals surface area contributed by atoms with Crippen molar-refractivity contribution in [2.24, 2.45) is 5.92 Å². The molecule has 0 saturated heterocycles. The third-order valence-corrected chi connectivity index (χ3v) is 6.24. The summed E-state index contributed by atoms with van der Waals surface area (Å²) in [5.74, 6) is 0.162. The Labute approximate surface area is 175 Å². The number of rotatable bonds is 7. The van der Waals surface area contributed by atoms with Gasteiger partial charge < -0.3 is 19.9 Å². The van der Waals surface area contributed by atoms with Crippen LogP contribution in [0.5, 0.6) is 0 Å². The Hall–Kier alpha value is -2.01. The molecule has 2 atom stereocenters. The first-order valence-corrected chi connectivity index (χ1v) is 11.2. The highest BCUT2D eigenvalue weighted by Crippen LogP contribution is 2.35. The van der Waals surface area contributed by atoms with Gasteiger partial charge >= 0.3 is 0 Å². The number of carbonyl (C=O) groups excluding carboxylic acids is 1. The summed E-state index contributed by atoms with van der Waals surface area (Å²) >= 11 is 0. The van der Waals surface area contributed by atoms with Gasteiger partial charge in [0.1, 0.15) is 6.04 Å². The number of unbranched alkanes of at least 4 members (excludes halogenated alkanes) is 3. The second kappa shape index (κ2) is 9.66. The van der Waals surface area contributed by atoms with E-state index in [1.54, 1.807) is 0 Å². The molecule has 1 amide bonds. The Morgan fingerprint density at radius 1 is 1.24 bits per heavy atom. The molecule has 3 rings (SSSR count). The molecule has 5 nitrogen and oxygen atoms in total. The fourth-order valence-corrected chi connectivity index (χ4v) is 4.70. The molecule has 0 bridgehead atoms. The molecule has 1 unspecified atom stereocenters. The molecule has 2 aromatic rings. The Morgan fingerprint density at radius 3 is 2.72 bits per heavy atom. The number of aliphatic hydroxyl groups is 1. The first-order valence-electron chi connectivity index (χ1n) is 11.2. The lowest BCUT2D eigenvalue weighted by Crippen LogP contribution is -2.52. The van der Waals surface area contributed by atoms with Crippen LogP contribution in [0.3, 0.4) is 0 Å². The van der Waals surface area contributed by atoms with E-state index in [9.17, 15) is 9.90 Å². The van der Waals surface area contributed by atoms with Gasteiger partial charge in [-0.25, -0.2) is 0 Å². The summed E-state index contributed by atoms with van der Waals surface area (Å²) in [6.07, 6.45) is 8.86. The zero-order valence-corrected chi connectivity index (χ0v) is 18.4. The van der Waals surface area contributed by atoms with Crippen LogP contribution in [0.4, 0.5) is 5.69 Å². The number of hydrogen-bond acceptors (Lipinski definition) is 3. The molecule has 0 aliphatic carbocycles. The summed E-state index contributed by atoms with van der Waals surface area (Å²) in [7, 11) is 2.02. The van der Waals surface area contributed by atoms with Gasteiger partial charge in [-0.05, 0) is 42.9 Å². The number of aliphatic hydroxyl groups excluding tert-OH is 1. The Balaban J connectivity index is 2.07. The van der Waals surface area contributed by atoms with Crippen LogP contribution in [0, 0.1) is 5.92 Å². The summed E-state index contributed by atoms with van der Waals surface area (Å²) in [6.45, 7) is 7.41. The van der Waals surface area contributed by atoms with Crippen LogP contribution >= 0.6 is 0 Å². The number of hydrogen-bond donors (Lipinski definition) is 2. The van der Waals surface area contributed by atoms with Crippen LogP contribution < -0.4 is 10.2 Å². The summed E-state index contributed by atoms with van der Waals surface area (Å²) in [4.78, 5) is 15.2. The van der Waals surface area contributed by atoms with E-state index in [4.69, 9.17) is 0 Å². The SMILES string of the molecule is CCCCCCn1cc2c3c(cccc31)N(C)C(C(C)C)C(=O)N[C@H](CO)CC2.